The number of hydrogen-bond acceptors (Lipinski definition) is 0. The van der Waals surface area contributed by atoms with E-state index in [1.165, 1.54) is 16.4 Å². The van der Waals surface area contributed by atoms with Crippen molar-refractivity contribution >= 4 is 15.2 Å². The third-order valence-corrected chi connectivity index (χ3v) is 4.50. The van der Waals surface area contributed by atoms with Crippen LogP contribution in [0, 0.1) is 0 Å². The molecular weight excluding hydrogens is 207 g/mol. The van der Waals surface area contributed by atoms with Crippen LogP contribution in [-0.2, 0) is 0 Å². The highest BCUT2D eigenvalue weighted by molar-refractivity contribution is 6.38. The maximum atomic E-state index is 2.29. The zero-order valence-corrected chi connectivity index (χ0v) is 10.8. The second kappa shape index (κ2) is 5.89. The van der Waals surface area contributed by atoms with E-state index in [1.54, 1.807) is 0 Å². The highest BCUT2D eigenvalue weighted by Crippen LogP contribution is 2.23. The molecule has 2 rings (SSSR count). The van der Waals surface area contributed by atoms with Crippen molar-refractivity contribution in [2.75, 3.05) is 0 Å². The first kappa shape index (κ1) is 11.5. The molecule has 0 heterocycles. The van der Waals surface area contributed by atoms with Crippen LogP contribution in [0.4, 0.5) is 0 Å². The molecule has 0 bridgehead atoms. The van der Waals surface area contributed by atoms with Crippen molar-refractivity contribution in [3.63, 3.8) is 0 Å². The summed E-state index contributed by atoms with van der Waals surface area (Å²) in [6.45, 7) is 2.29. The van der Waals surface area contributed by atoms with Crippen LogP contribution in [0.2, 0.25) is 5.28 Å². The highest BCUT2D eigenvalue weighted by Gasteiger charge is 2.13. The van der Waals surface area contributed by atoms with Crippen LogP contribution in [0.25, 0.3) is 0 Å². The Morgan fingerprint density at radius 1 is 0.812 bits per heavy atom. The van der Waals surface area contributed by atoms with E-state index >= 15 is 0 Å². The van der Waals surface area contributed by atoms with Crippen LogP contribution in [0.1, 0.15) is 22.8 Å². The zero-order valence-electron chi connectivity index (χ0n) is 9.64. The van der Waals surface area contributed by atoms with Crippen LogP contribution in [-0.4, -0.2) is 15.2 Å². The summed E-state index contributed by atoms with van der Waals surface area (Å²) in [7, 11) is 0. The molecule has 79 valence electrons. The Balaban J connectivity index is 2.31. The minimum Gasteiger partial charge on any atom is -0.105 e. The van der Waals surface area contributed by atoms with E-state index in [1.807, 2.05) is 0 Å². The fourth-order valence-corrected chi connectivity index (χ4v) is 3.48. The van der Waals surface area contributed by atoms with E-state index in [0.29, 0.717) is 20.0 Å². The monoisotopic (exact) mass is 223 g/mol. The topological polar surface area (TPSA) is 0 Å². The molecule has 2 aromatic carbocycles. The first-order valence-corrected chi connectivity index (χ1v) is 7.33. The molecule has 0 fully saturated rings. The Bertz CT molecular complexity index is 368. The molecule has 0 amide bonds. The number of rotatable bonds is 4. The molecule has 0 nitrogen and oxygen atoms in total. The van der Waals surface area contributed by atoms with Gasteiger partial charge in [-0.1, -0.05) is 78.7 Å². The lowest BCUT2D eigenvalue weighted by Crippen LogP contribution is -2.08. The van der Waals surface area contributed by atoms with Gasteiger partial charge in [-0.25, -0.2) is 0 Å². The largest absolute Gasteiger partial charge is 0.219 e. The van der Waals surface area contributed by atoms with Crippen molar-refractivity contribution in [3.8, 4) is 0 Å². The molecule has 1 radical (unpaired) electrons. The average molecular weight is 223 g/mol. The van der Waals surface area contributed by atoms with Gasteiger partial charge in [0, 0.05) is 0 Å². The third kappa shape index (κ3) is 2.76. The van der Waals surface area contributed by atoms with Crippen molar-refractivity contribution in [2.24, 2.45) is 0 Å². The van der Waals surface area contributed by atoms with Gasteiger partial charge in [-0.3, -0.25) is 0 Å². The Kier molecular flexibility index (Phi) is 4.22. The molecule has 2 aromatic rings. The molecule has 0 aliphatic carbocycles. The molecule has 0 N–H and O–H groups in total. The summed E-state index contributed by atoms with van der Waals surface area (Å²) in [4.78, 5) is 0. The normalized spacial score (nSPS) is 10.4. The third-order valence-electron chi connectivity index (χ3n) is 2.79. The van der Waals surface area contributed by atoms with Crippen molar-refractivity contribution in [2.45, 2.75) is 17.0 Å². The molecule has 0 spiro atoms. The quantitative estimate of drug-likeness (QED) is 0.689. The Labute approximate surface area is 104 Å². The lowest BCUT2D eigenvalue weighted by Gasteiger charge is -2.16. The van der Waals surface area contributed by atoms with E-state index < -0.39 is 0 Å². The Morgan fingerprint density at radius 3 is 1.62 bits per heavy atom. The summed E-state index contributed by atoms with van der Waals surface area (Å²) in [5, 5.41) is 1.30. The molecule has 0 aliphatic rings. The van der Waals surface area contributed by atoms with E-state index in [4.69, 9.17) is 0 Å². The van der Waals surface area contributed by atoms with Crippen molar-refractivity contribution in [1.29, 1.82) is 0 Å². The molecule has 0 saturated carbocycles. The molecule has 0 atom stereocenters. The molecule has 1 heteroatoms. The summed E-state index contributed by atoms with van der Waals surface area (Å²) < 4.78 is 0.632. The number of benzene rings is 2. The van der Waals surface area contributed by atoms with Crippen molar-refractivity contribution in [3.05, 3.63) is 71.8 Å². The SMILES string of the molecule is C[CH2][Al][CH](c1ccccc1)c1ccccc1. The van der Waals surface area contributed by atoms with Crippen LogP contribution in [0.15, 0.2) is 60.7 Å². The Hall–Kier alpha value is -1.03. The fourth-order valence-electron chi connectivity index (χ4n) is 2.02. The van der Waals surface area contributed by atoms with Crippen LogP contribution >= 0.6 is 0 Å². The summed E-state index contributed by atoms with van der Waals surface area (Å²) in [5.41, 5.74) is 2.93. The maximum absolute atomic E-state index is 2.29. The van der Waals surface area contributed by atoms with Gasteiger partial charge in [-0.15, -0.1) is 5.28 Å². The summed E-state index contributed by atoms with van der Waals surface area (Å²) in [6.07, 6.45) is 0. The maximum Gasteiger partial charge on any atom is 0.219 e. The molecule has 16 heavy (non-hydrogen) atoms. The van der Waals surface area contributed by atoms with Gasteiger partial charge >= 0.3 is 0 Å². The van der Waals surface area contributed by atoms with Gasteiger partial charge in [-0.2, -0.15) is 0 Å². The molecule has 0 aromatic heterocycles. The second-order valence-corrected chi connectivity index (χ2v) is 5.90. The lowest BCUT2D eigenvalue weighted by atomic mass is 10.0. The summed E-state index contributed by atoms with van der Waals surface area (Å²) in [6, 6.07) is 21.7. The van der Waals surface area contributed by atoms with Gasteiger partial charge in [0.25, 0.3) is 0 Å². The fraction of sp³-hybridized carbons (Fsp3) is 0.200. The van der Waals surface area contributed by atoms with Crippen molar-refractivity contribution in [1.82, 2.24) is 0 Å². The first-order chi connectivity index (χ1) is 7.92. The zero-order chi connectivity index (χ0) is 11.2. The minimum absolute atomic E-state index is 0.450. The standard InChI is InChI=1S/C13H11.C2H5.Al/c1-3-7-12(8-4-1)11-13-9-5-2-6-10-13;1-2;/h1-11H;1H2,2H3;. The smallest absolute Gasteiger partial charge is 0.105 e. The van der Waals surface area contributed by atoms with Crippen LogP contribution in [0.5, 0.6) is 0 Å². The summed E-state index contributed by atoms with van der Waals surface area (Å²) >= 11 is 0.450. The van der Waals surface area contributed by atoms with Gasteiger partial charge in [0.05, 0.1) is 0 Å². The molecule has 0 unspecified atom stereocenters. The van der Waals surface area contributed by atoms with Crippen molar-refractivity contribution < 1.29 is 0 Å². The van der Waals surface area contributed by atoms with Crippen LogP contribution < -0.4 is 0 Å². The lowest BCUT2D eigenvalue weighted by molar-refractivity contribution is 1.11. The molecule has 0 aliphatic heterocycles. The van der Waals surface area contributed by atoms with Gasteiger partial charge in [-0.05, 0) is 4.78 Å². The first-order valence-electron chi connectivity index (χ1n) is 5.85. The van der Waals surface area contributed by atoms with Gasteiger partial charge in [0.15, 0.2) is 0 Å². The van der Waals surface area contributed by atoms with E-state index in [2.05, 4.69) is 67.6 Å². The average Bonchev–Trinajstić information content (AvgIpc) is 2.38. The van der Waals surface area contributed by atoms with Gasteiger partial charge in [0.1, 0.15) is 0 Å². The highest BCUT2D eigenvalue weighted by atomic mass is 27.1. The predicted molar refractivity (Wildman–Crippen MR) is 71.0 cm³/mol. The van der Waals surface area contributed by atoms with Gasteiger partial charge < -0.3 is 0 Å². The minimum atomic E-state index is 0.450. The predicted octanol–water partition coefficient (Wildman–Crippen LogP) is 3.92. The summed E-state index contributed by atoms with van der Waals surface area (Å²) in [5.74, 6) is 0. The molecular formula is C15H16Al. The van der Waals surface area contributed by atoms with E-state index in [-0.39, 0.29) is 0 Å². The van der Waals surface area contributed by atoms with E-state index in [0.717, 1.165) is 0 Å². The number of hydrogen-bond donors (Lipinski definition) is 0. The Morgan fingerprint density at radius 2 is 1.25 bits per heavy atom. The molecule has 0 saturated heterocycles. The van der Waals surface area contributed by atoms with Crippen LogP contribution in [0.3, 0.4) is 0 Å². The van der Waals surface area contributed by atoms with E-state index in [9.17, 15) is 0 Å². The second-order valence-electron chi connectivity index (χ2n) is 3.94. The van der Waals surface area contributed by atoms with Gasteiger partial charge in [0.2, 0.25) is 15.2 Å².